The van der Waals surface area contributed by atoms with Gasteiger partial charge in [-0.3, -0.25) is 14.9 Å². The molecule has 0 radical (unpaired) electrons. The summed E-state index contributed by atoms with van der Waals surface area (Å²) >= 11 is 1.48. The molecule has 7 heteroatoms. The molecule has 1 unspecified atom stereocenters. The van der Waals surface area contributed by atoms with Gasteiger partial charge in [0.25, 0.3) is 5.56 Å². The first-order chi connectivity index (χ1) is 9.78. The van der Waals surface area contributed by atoms with Crippen molar-refractivity contribution in [3.63, 3.8) is 0 Å². The topological polar surface area (TPSA) is 95.1 Å². The van der Waals surface area contributed by atoms with Crippen molar-refractivity contribution < 1.29 is 9.90 Å². The van der Waals surface area contributed by atoms with E-state index in [1.54, 1.807) is 13.8 Å². The maximum absolute atomic E-state index is 12.1. The van der Waals surface area contributed by atoms with Gasteiger partial charge in [-0.05, 0) is 32.8 Å². The van der Waals surface area contributed by atoms with E-state index in [2.05, 4.69) is 15.3 Å². The van der Waals surface area contributed by atoms with Crippen LogP contribution in [0.1, 0.15) is 36.5 Å². The molecule has 0 amide bonds. The van der Waals surface area contributed by atoms with Gasteiger partial charge in [0.2, 0.25) is 0 Å². The molecule has 114 valence electrons. The molecular weight excluding hydrogens is 290 g/mol. The molecular formula is C14H19N3O3S. The summed E-state index contributed by atoms with van der Waals surface area (Å²) in [5.41, 5.74) is -0.256. The number of H-pyrrole nitrogens is 1. The second-order valence-electron chi connectivity index (χ2n) is 5.32. The normalized spacial score (nSPS) is 14.3. The fourth-order valence-electron chi connectivity index (χ4n) is 2.01. The smallest absolute Gasteiger partial charge is 0.323 e. The lowest BCUT2D eigenvalue weighted by Gasteiger charge is -2.24. The van der Waals surface area contributed by atoms with Gasteiger partial charge in [-0.15, -0.1) is 11.3 Å². The van der Waals surface area contributed by atoms with Crippen molar-refractivity contribution in [1.29, 1.82) is 0 Å². The Bertz CT molecular complexity index is 750. The van der Waals surface area contributed by atoms with Crippen LogP contribution in [0.2, 0.25) is 0 Å². The molecule has 21 heavy (non-hydrogen) atoms. The van der Waals surface area contributed by atoms with E-state index in [1.807, 2.05) is 13.8 Å². The summed E-state index contributed by atoms with van der Waals surface area (Å²) in [6, 6.07) is 0. The number of hydrogen-bond acceptors (Lipinski definition) is 5. The van der Waals surface area contributed by atoms with Crippen LogP contribution in [0, 0.1) is 13.8 Å². The molecule has 2 aromatic rings. The minimum absolute atomic E-state index is 0.174. The van der Waals surface area contributed by atoms with Gasteiger partial charge in [-0.2, -0.15) is 0 Å². The van der Waals surface area contributed by atoms with Crippen molar-refractivity contribution in [2.24, 2.45) is 0 Å². The first-order valence-corrected chi connectivity index (χ1v) is 7.57. The molecule has 2 aromatic heterocycles. The lowest BCUT2D eigenvalue weighted by Crippen LogP contribution is -2.48. The summed E-state index contributed by atoms with van der Waals surface area (Å²) in [6.45, 7) is 7.48. The zero-order valence-electron chi connectivity index (χ0n) is 12.5. The van der Waals surface area contributed by atoms with Crippen LogP contribution in [0.15, 0.2) is 4.79 Å². The van der Waals surface area contributed by atoms with Crippen LogP contribution in [0.5, 0.6) is 0 Å². The largest absolute Gasteiger partial charge is 0.480 e. The Kier molecular flexibility index (Phi) is 4.15. The molecule has 0 aromatic carbocycles. The molecule has 0 spiro atoms. The van der Waals surface area contributed by atoms with Gasteiger partial charge in [-0.25, -0.2) is 4.98 Å². The van der Waals surface area contributed by atoms with Crippen molar-refractivity contribution in [1.82, 2.24) is 15.3 Å². The Morgan fingerprint density at radius 1 is 1.48 bits per heavy atom. The lowest BCUT2D eigenvalue weighted by molar-refractivity contribution is -0.144. The number of carboxylic acid groups (broad SMARTS) is 1. The summed E-state index contributed by atoms with van der Waals surface area (Å²) in [5, 5.41) is 12.8. The van der Waals surface area contributed by atoms with Crippen LogP contribution in [0.25, 0.3) is 10.2 Å². The van der Waals surface area contributed by atoms with E-state index in [4.69, 9.17) is 0 Å². The van der Waals surface area contributed by atoms with Crippen LogP contribution < -0.4 is 10.9 Å². The monoisotopic (exact) mass is 309 g/mol. The molecule has 3 N–H and O–H groups in total. The SMILES string of the molecule is CCC(C)(NCc1nc2sc(C)c(C)c2c(=O)[nH]1)C(=O)O. The van der Waals surface area contributed by atoms with Gasteiger partial charge in [0, 0.05) is 4.88 Å². The van der Waals surface area contributed by atoms with Crippen LogP contribution in [0.3, 0.4) is 0 Å². The van der Waals surface area contributed by atoms with Crippen molar-refractivity contribution in [2.75, 3.05) is 0 Å². The lowest BCUT2D eigenvalue weighted by atomic mass is 9.99. The van der Waals surface area contributed by atoms with Gasteiger partial charge < -0.3 is 10.1 Å². The molecule has 2 rings (SSSR count). The third-order valence-corrected chi connectivity index (χ3v) is 5.01. The van der Waals surface area contributed by atoms with Crippen molar-refractivity contribution in [3.05, 3.63) is 26.6 Å². The van der Waals surface area contributed by atoms with Crippen LogP contribution in [0.4, 0.5) is 0 Å². The maximum Gasteiger partial charge on any atom is 0.323 e. The van der Waals surface area contributed by atoms with Gasteiger partial charge in [0.1, 0.15) is 16.2 Å². The number of aryl methyl sites for hydroxylation is 2. The Morgan fingerprint density at radius 3 is 2.71 bits per heavy atom. The zero-order valence-corrected chi connectivity index (χ0v) is 13.3. The number of aromatic nitrogens is 2. The number of fused-ring (bicyclic) bond motifs is 1. The minimum Gasteiger partial charge on any atom is -0.480 e. The molecule has 2 heterocycles. The Hall–Kier alpha value is -1.73. The van der Waals surface area contributed by atoms with Crippen LogP contribution in [-0.4, -0.2) is 26.6 Å². The zero-order chi connectivity index (χ0) is 15.8. The molecule has 0 aliphatic carbocycles. The number of nitrogens with one attached hydrogen (secondary N) is 2. The summed E-state index contributed by atoms with van der Waals surface area (Å²) in [5.74, 6) is -0.467. The van der Waals surface area contributed by atoms with Crippen molar-refractivity contribution >= 4 is 27.5 Å². The second-order valence-corrected chi connectivity index (χ2v) is 6.52. The third-order valence-electron chi connectivity index (χ3n) is 3.91. The van der Waals surface area contributed by atoms with Gasteiger partial charge in [0.05, 0.1) is 11.9 Å². The molecule has 0 fully saturated rings. The number of rotatable bonds is 5. The van der Waals surface area contributed by atoms with E-state index in [1.165, 1.54) is 11.3 Å². The van der Waals surface area contributed by atoms with E-state index >= 15 is 0 Å². The van der Waals surface area contributed by atoms with E-state index in [0.29, 0.717) is 22.5 Å². The molecule has 6 nitrogen and oxygen atoms in total. The number of carbonyl (C=O) groups is 1. The summed E-state index contributed by atoms with van der Waals surface area (Å²) in [4.78, 5) is 32.3. The average Bonchev–Trinajstić information content (AvgIpc) is 2.71. The average molecular weight is 309 g/mol. The fourth-order valence-corrected chi connectivity index (χ4v) is 3.06. The maximum atomic E-state index is 12.1. The van der Waals surface area contributed by atoms with E-state index < -0.39 is 11.5 Å². The van der Waals surface area contributed by atoms with Crippen molar-refractivity contribution in [2.45, 2.75) is 46.2 Å². The predicted molar refractivity (Wildman–Crippen MR) is 82.9 cm³/mol. The highest BCUT2D eigenvalue weighted by Crippen LogP contribution is 2.25. The highest BCUT2D eigenvalue weighted by atomic mass is 32.1. The number of aliphatic carboxylic acids is 1. The van der Waals surface area contributed by atoms with Crippen LogP contribution in [-0.2, 0) is 11.3 Å². The van der Waals surface area contributed by atoms with E-state index in [-0.39, 0.29) is 12.1 Å². The van der Waals surface area contributed by atoms with E-state index in [0.717, 1.165) is 10.4 Å². The molecule has 0 saturated carbocycles. The molecule has 0 aliphatic heterocycles. The Balaban J connectivity index is 2.32. The number of carboxylic acids is 1. The highest BCUT2D eigenvalue weighted by Gasteiger charge is 2.30. The number of hydrogen-bond donors (Lipinski definition) is 3. The Labute approximate surface area is 126 Å². The predicted octanol–water partition coefficient (Wildman–Crippen LogP) is 1.94. The number of aromatic amines is 1. The van der Waals surface area contributed by atoms with E-state index in [9.17, 15) is 14.7 Å². The molecule has 1 atom stereocenters. The summed E-state index contributed by atoms with van der Waals surface area (Å²) in [7, 11) is 0. The van der Waals surface area contributed by atoms with Gasteiger partial charge in [0.15, 0.2) is 0 Å². The summed E-state index contributed by atoms with van der Waals surface area (Å²) in [6.07, 6.45) is 0.437. The second kappa shape index (κ2) is 5.57. The third kappa shape index (κ3) is 2.84. The minimum atomic E-state index is -1.03. The highest BCUT2D eigenvalue weighted by molar-refractivity contribution is 7.18. The molecule has 0 aliphatic rings. The fraction of sp³-hybridized carbons (Fsp3) is 0.500. The number of thiophene rings is 1. The van der Waals surface area contributed by atoms with Gasteiger partial charge in [-0.1, -0.05) is 6.92 Å². The van der Waals surface area contributed by atoms with Crippen LogP contribution >= 0.6 is 11.3 Å². The first-order valence-electron chi connectivity index (χ1n) is 6.76. The first kappa shape index (κ1) is 15.7. The molecule has 0 saturated heterocycles. The Morgan fingerprint density at radius 2 is 2.14 bits per heavy atom. The molecule has 0 bridgehead atoms. The summed E-state index contributed by atoms with van der Waals surface area (Å²) < 4.78 is 0. The standard InChI is InChI=1S/C14H19N3O3S/c1-5-14(4,13(19)20)15-6-9-16-11(18)10-7(2)8(3)21-12(10)17-9/h15H,5-6H2,1-4H3,(H,19,20)(H,16,17,18). The van der Waals surface area contributed by atoms with Crippen molar-refractivity contribution in [3.8, 4) is 0 Å². The quantitative estimate of drug-likeness (QED) is 0.784. The van der Waals surface area contributed by atoms with Gasteiger partial charge >= 0.3 is 5.97 Å². The number of nitrogens with zero attached hydrogens (tertiary/aromatic N) is 1.